The van der Waals surface area contributed by atoms with Crippen LogP contribution in [-0.4, -0.2) is 41.5 Å². The van der Waals surface area contributed by atoms with Gasteiger partial charge in [0.2, 0.25) is 0 Å². The molecule has 1 aromatic heterocycles. The Kier molecular flexibility index (Phi) is 6.03. The van der Waals surface area contributed by atoms with Gasteiger partial charge in [-0.15, -0.1) is 0 Å². The van der Waals surface area contributed by atoms with Crippen molar-refractivity contribution in [2.75, 3.05) is 25.2 Å². The molecule has 4 rings (SSSR count). The average Bonchev–Trinajstić information content (AvgIpc) is 2.73. The van der Waals surface area contributed by atoms with E-state index in [0.717, 1.165) is 48.8 Å². The molecule has 2 aromatic rings. The second kappa shape index (κ2) is 8.65. The summed E-state index contributed by atoms with van der Waals surface area (Å²) in [6.45, 7) is 1.69. The van der Waals surface area contributed by atoms with Crippen molar-refractivity contribution in [2.45, 2.75) is 62.0 Å². The fourth-order valence-corrected chi connectivity index (χ4v) is 5.24. The number of hydrogen-bond acceptors (Lipinski definition) is 5. The third-order valence-corrected chi connectivity index (χ3v) is 7.28. The van der Waals surface area contributed by atoms with Crippen LogP contribution in [0.1, 0.15) is 50.8 Å². The summed E-state index contributed by atoms with van der Waals surface area (Å²) in [5.74, 6) is 1.53. The van der Waals surface area contributed by atoms with E-state index >= 15 is 0 Å². The molecule has 6 heteroatoms. The first-order valence-corrected chi connectivity index (χ1v) is 11.2. The van der Waals surface area contributed by atoms with E-state index in [0.29, 0.717) is 16.7 Å². The van der Waals surface area contributed by atoms with Crippen LogP contribution in [0.25, 0.3) is 10.9 Å². The number of H-pyrrole nitrogens is 1. The molecule has 0 unspecified atom stereocenters. The Morgan fingerprint density at radius 1 is 1.19 bits per heavy atom. The van der Waals surface area contributed by atoms with Gasteiger partial charge in [-0.2, -0.15) is 11.8 Å². The minimum Gasteiger partial charge on any atom is -0.381 e. The lowest BCUT2D eigenvalue weighted by Crippen LogP contribution is -2.33. The van der Waals surface area contributed by atoms with Gasteiger partial charge in [0.15, 0.2) is 0 Å². The van der Waals surface area contributed by atoms with Gasteiger partial charge in [0.05, 0.1) is 16.7 Å². The number of ether oxygens (including phenoxy) is 1. The molecule has 5 nitrogen and oxygen atoms in total. The maximum absolute atomic E-state index is 12.5. The van der Waals surface area contributed by atoms with E-state index < -0.39 is 0 Å². The Bertz CT molecular complexity index is 826. The normalized spacial score (nSPS) is 19.4. The van der Waals surface area contributed by atoms with Crippen LogP contribution in [0, 0.1) is 0 Å². The maximum Gasteiger partial charge on any atom is 0.258 e. The summed E-state index contributed by atoms with van der Waals surface area (Å²) < 4.78 is 5.42. The van der Waals surface area contributed by atoms with E-state index in [1.54, 1.807) is 0 Å². The Hall–Kier alpha value is -1.53. The van der Waals surface area contributed by atoms with Crippen LogP contribution in [0.2, 0.25) is 0 Å². The molecule has 27 heavy (non-hydrogen) atoms. The summed E-state index contributed by atoms with van der Waals surface area (Å²) >= 11 is 1.88. The molecule has 1 aliphatic heterocycles. The third kappa shape index (κ3) is 4.49. The van der Waals surface area contributed by atoms with E-state index in [2.05, 4.69) is 29.1 Å². The minimum atomic E-state index is -0.0329. The lowest BCUT2D eigenvalue weighted by atomic mass is 9.94. The zero-order valence-electron chi connectivity index (χ0n) is 16.1. The zero-order chi connectivity index (χ0) is 18.6. The number of benzene rings is 1. The molecular weight excluding hydrogens is 358 g/mol. The fourth-order valence-electron chi connectivity index (χ4n) is 4.18. The highest BCUT2D eigenvalue weighted by atomic mass is 32.2. The summed E-state index contributed by atoms with van der Waals surface area (Å²) in [7, 11) is 2.17. The topological polar surface area (TPSA) is 58.2 Å². The van der Waals surface area contributed by atoms with Crippen LogP contribution in [0.3, 0.4) is 0 Å². The van der Waals surface area contributed by atoms with Crippen molar-refractivity contribution in [3.05, 3.63) is 34.4 Å². The smallest absolute Gasteiger partial charge is 0.258 e. The molecule has 0 spiro atoms. The molecule has 0 radical (unpaired) electrons. The Morgan fingerprint density at radius 2 is 1.96 bits per heavy atom. The van der Waals surface area contributed by atoms with Crippen molar-refractivity contribution in [1.82, 2.24) is 9.97 Å². The maximum atomic E-state index is 12.5. The van der Waals surface area contributed by atoms with Crippen molar-refractivity contribution >= 4 is 28.4 Å². The molecule has 146 valence electrons. The quantitative estimate of drug-likeness (QED) is 0.837. The summed E-state index contributed by atoms with van der Waals surface area (Å²) in [5, 5.41) is 1.28. The number of aromatic nitrogens is 2. The number of nitrogens with one attached hydrogen (secondary N) is 1. The molecule has 1 N–H and O–H groups in total. The first-order valence-electron chi connectivity index (χ1n) is 10.2. The molecular formula is C21H29N3O2S. The van der Waals surface area contributed by atoms with Crippen LogP contribution < -0.4 is 10.5 Å². The summed E-state index contributed by atoms with van der Waals surface area (Å²) in [6.07, 6.45) is 8.65. The predicted octanol–water partition coefficient (Wildman–Crippen LogP) is 4.10. The standard InChI is InChI=1S/C21H29N3O2S/c1-24(15-5-3-2-4-6-15)16-7-8-18-19(13-16)22-20(23-21(18)25)14-27-17-9-11-26-12-10-17/h7-8,13,15,17H,2-6,9-12,14H2,1H3,(H,22,23,25). The molecule has 1 aromatic carbocycles. The third-order valence-electron chi connectivity index (χ3n) is 5.89. The largest absolute Gasteiger partial charge is 0.381 e. The van der Waals surface area contributed by atoms with Crippen LogP contribution in [-0.2, 0) is 10.5 Å². The molecule has 2 fully saturated rings. The number of anilines is 1. The first kappa shape index (κ1) is 18.8. The molecule has 2 aliphatic rings. The average molecular weight is 388 g/mol. The Balaban J connectivity index is 1.53. The fraction of sp³-hybridized carbons (Fsp3) is 0.619. The van der Waals surface area contributed by atoms with Gasteiger partial charge >= 0.3 is 0 Å². The molecule has 0 amide bonds. The van der Waals surface area contributed by atoms with E-state index in [1.807, 2.05) is 17.8 Å². The summed E-state index contributed by atoms with van der Waals surface area (Å²) in [5.41, 5.74) is 1.94. The monoisotopic (exact) mass is 387 g/mol. The highest BCUT2D eigenvalue weighted by Crippen LogP contribution is 2.28. The van der Waals surface area contributed by atoms with Crippen LogP contribution in [0.4, 0.5) is 5.69 Å². The van der Waals surface area contributed by atoms with Gasteiger partial charge in [-0.05, 0) is 43.9 Å². The van der Waals surface area contributed by atoms with Crippen molar-refractivity contribution in [3.63, 3.8) is 0 Å². The van der Waals surface area contributed by atoms with Gasteiger partial charge in [0.25, 0.3) is 5.56 Å². The molecule has 2 heterocycles. The van der Waals surface area contributed by atoms with Gasteiger partial charge in [-0.25, -0.2) is 4.98 Å². The van der Waals surface area contributed by atoms with Crippen molar-refractivity contribution in [3.8, 4) is 0 Å². The molecule has 0 bridgehead atoms. The second-order valence-electron chi connectivity index (χ2n) is 7.74. The SMILES string of the molecule is CN(c1ccc2c(=O)[nH]c(CSC3CCOCC3)nc2c1)C1CCCCC1. The van der Waals surface area contributed by atoms with Gasteiger partial charge in [0, 0.05) is 37.2 Å². The van der Waals surface area contributed by atoms with E-state index in [1.165, 1.54) is 32.1 Å². The summed E-state index contributed by atoms with van der Waals surface area (Å²) in [4.78, 5) is 22.6. The molecule has 1 aliphatic carbocycles. The van der Waals surface area contributed by atoms with Gasteiger partial charge in [-0.3, -0.25) is 4.79 Å². The van der Waals surface area contributed by atoms with Crippen molar-refractivity contribution in [1.29, 1.82) is 0 Å². The minimum absolute atomic E-state index is 0.0329. The van der Waals surface area contributed by atoms with Crippen molar-refractivity contribution in [2.24, 2.45) is 0 Å². The van der Waals surface area contributed by atoms with Crippen LogP contribution in [0.15, 0.2) is 23.0 Å². The number of nitrogens with zero attached hydrogens (tertiary/aromatic N) is 2. The Morgan fingerprint density at radius 3 is 2.74 bits per heavy atom. The van der Waals surface area contributed by atoms with Crippen LogP contribution >= 0.6 is 11.8 Å². The van der Waals surface area contributed by atoms with E-state index in [9.17, 15) is 4.79 Å². The second-order valence-corrected chi connectivity index (χ2v) is 9.03. The molecule has 1 saturated carbocycles. The van der Waals surface area contributed by atoms with Gasteiger partial charge in [0.1, 0.15) is 5.82 Å². The number of thioether (sulfide) groups is 1. The van der Waals surface area contributed by atoms with E-state index in [-0.39, 0.29) is 5.56 Å². The van der Waals surface area contributed by atoms with Crippen LogP contribution in [0.5, 0.6) is 0 Å². The highest BCUT2D eigenvalue weighted by molar-refractivity contribution is 7.99. The Labute approximate surface area is 164 Å². The number of aromatic amines is 1. The number of rotatable bonds is 5. The highest BCUT2D eigenvalue weighted by Gasteiger charge is 2.19. The lowest BCUT2D eigenvalue weighted by molar-refractivity contribution is 0.1000. The number of hydrogen-bond donors (Lipinski definition) is 1. The van der Waals surface area contributed by atoms with E-state index in [4.69, 9.17) is 9.72 Å². The summed E-state index contributed by atoms with van der Waals surface area (Å²) in [6, 6.07) is 6.67. The number of fused-ring (bicyclic) bond motifs is 1. The molecule has 0 atom stereocenters. The zero-order valence-corrected chi connectivity index (χ0v) is 16.9. The van der Waals surface area contributed by atoms with Gasteiger partial charge in [-0.1, -0.05) is 19.3 Å². The lowest BCUT2D eigenvalue weighted by Gasteiger charge is -2.33. The van der Waals surface area contributed by atoms with Crippen molar-refractivity contribution < 1.29 is 4.74 Å². The van der Waals surface area contributed by atoms with Gasteiger partial charge < -0.3 is 14.6 Å². The predicted molar refractivity (Wildman–Crippen MR) is 113 cm³/mol. The first-order chi connectivity index (χ1) is 13.2. The molecule has 1 saturated heterocycles.